The lowest BCUT2D eigenvalue weighted by molar-refractivity contribution is 0.429. The van der Waals surface area contributed by atoms with Crippen molar-refractivity contribution in [2.75, 3.05) is 0 Å². The third-order valence-corrected chi connectivity index (χ3v) is 4.26. The van der Waals surface area contributed by atoms with Gasteiger partial charge in [0, 0.05) is 6.08 Å². The molecular formula is C23H20F2. The second-order valence-corrected chi connectivity index (χ2v) is 6.06. The number of aryl methyl sites for hydroxylation is 1. The highest BCUT2D eigenvalue weighted by atomic mass is 19.3. The van der Waals surface area contributed by atoms with Gasteiger partial charge in [0.1, 0.15) is 0 Å². The van der Waals surface area contributed by atoms with E-state index in [2.05, 4.69) is 42.5 Å². The topological polar surface area (TPSA) is 0 Å². The lowest BCUT2D eigenvalue weighted by Gasteiger charge is -2.06. The number of benzene rings is 3. The van der Waals surface area contributed by atoms with E-state index in [1.807, 2.05) is 25.1 Å². The van der Waals surface area contributed by atoms with Crippen LogP contribution in [0.5, 0.6) is 0 Å². The molecule has 0 saturated carbocycles. The van der Waals surface area contributed by atoms with Crippen molar-refractivity contribution in [2.45, 2.75) is 19.8 Å². The average Bonchev–Trinajstić information content (AvgIpc) is 2.62. The number of fused-ring (bicyclic) bond motifs is 1. The Hall–Kier alpha value is -2.74. The third-order valence-electron chi connectivity index (χ3n) is 4.26. The summed E-state index contributed by atoms with van der Waals surface area (Å²) in [6.45, 7) is 2.04. The van der Waals surface area contributed by atoms with E-state index in [-0.39, 0.29) is 0 Å². The highest BCUT2D eigenvalue weighted by molar-refractivity contribution is 5.89. The van der Waals surface area contributed by atoms with Crippen molar-refractivity contribution >= 4 is 16.8 Å². The SMILES string of the molecule is C/C=C/CCc1ccc(-c2ccc3cc(C=C(F)F)ccc3c2)cc1. The van der Waals surface area contributed by atoms with Gasteiger partial charge in [-0.1, -0.05) is 60.7 Å². The summed E-state index contributed by atoms with van der Waals surface area (Å²) in [6, 6.07) is 20.1. The van der Waals surface area contributed by atoms with Crippen LogP contribution >= 0.6 is 0 Å². The normalized spacial score (nSPS) is 11.2. The van der Waals surface area contributed by atoms with Crippen molar-refractivity contribution in [3.63, 3.8) is 0 Å². The van der Waals surface area contributed by atoms with Gasteiger partial charge < -0.3 is 0 Å². The van der Waals surface area contributed by atoms with Crippen molar-refractivity contribution in [1.29, 1.82) is 0 Å². The molecule has 0 spiro atoms. The van der Waals surface area contributed by atoms with Crippen molar-refractivity contribution < 1.29 is 8.78 Å². The first-order valence-corrected chi connectivity index (χ1v) is 8.43. The summed E-state index contributed by atoms with van der Waals surface area (Å²) in [5, 5.41) is 2.01. The van der Waals surface area contributed by atoms with E-state index < -0.39 is 6.08 Å². The van der Waals surface area contributed by atoms with Gasteiger partial charge >= 0.3 is 0 Å². The van der Waals surface area contributed by atoms with Crippen LogP contribution in [0.2, 0.25) is 0 Å². The Morgan fingerprint density at radius 1 is 0.840 bits per heavy atom. The molecule has 0 radical (unpaired) electrons. The molecule has 0 aromatic heterocycles. The Kier molecular flexibility index (Phi) is 5.39. The van der Waals surface area contributed by atoms with E-state index in [1.54, 1.807) is 12.1 Å². The fourth-order valence-electron chi connectivity index (χ4n) is 2.94. The lowest BCUT2D eigenvalue weighted by Crippen LogP contribution is -1.85. The molecule has 0 fully saturated rings. The Bertz CT molecular complexity index is 914. The van der Waals surface area contributed by atoms with E-state index in [0.717, 1.165) is 40.8 Å². The Morgan fingerprint density at radius 2 is 1.52 bits per heavy atom. The van der Waals surface area contributed by atoms with E-state index >= 15 is 0 Å². The van der Waals surface area contributed by atoms with Crippen molar-refractivity contribution in [1.82, 2.24) is 0 Å². The summed E-state index contributed by atoms with van der Waals surface area (Å²) in [7, 11) is 0. The summed E-state index contributed by atoms with van der Waals surface area (Å²) >= 11 is 0. The van der Waals surface area contributed by atoms with Crippen LogP contribution in [0, 0.1) is 0 Å². The molecule has 3 aromatic rings. The first-order chi connectivity index (χ1) is 12.2. The maximum Gasteiger partial charge on any atom is 0.270 e. The van der Waals surface area contributed by atoms with Gasteiger partial charge in [0.05, 0.1) is 0 Å². The molecule has 0 unspecified atom stereocenters. The average molecular weight is 334 g/mol. The summed E-state index contributed by atoms with van der Waals surface area (Å²) < 4.78 is 24.8. The van der Waals surface area contributed by atoms with E-state index in [0.29, 0.717) is 5.56 Å². The largest absolute Gasteiger partial charge is 0.270 e. The zero-order valence-electron chi connectivity index (χ0n) is 14.2. The highest BCUT2D eigenvalue weighted by Crippen LogP contribution is 2.26. The second-order valence-electron chi connectivity index (χ2n) is 6.06. The van der Waals surface area contributed by atoms with Crippen LogP contribution in [0.25, 0.3) is 28.0 Å². The van der Waals surface area contributed by atoms with Gasteiger partial charge in [-0.15, -0.1) is 0 Å². The molecule has 0 aliphatic rings. The standard InChI is InChI=1S/C23H20F2/c1-2-3-4-5-17-6-9-19(10-7-17)21-13-12-20-14-18(15-23(24)25)8-11-22(20)16-21/h2-3,6-16H,4-5H2,1H3/b3-2+. The molecule has 25 heavy (non-hydrogen) atoms. The highest BCUT2D eigenvalue weighted by Gasteiger charge is 2.02. The van der Waals surface area contributed by atoms with Gasteiger partial charge in [-0.3, -0.25) is 0 Å². The summed E-state index contributed by atoms with van der Waals surface area (Å²) in [4.78, 5) is 0. The van der Waals surface area contributed by atoms with Gasteiger partial charge in [0.2, 0.25) is 0 Å². The van der Waals surface area contributed by atoms with Crippen LogP contribution in [0.3, 0.4) is 0 Å². The van der Waals surface area contributed by atoms with Gasteiger partial charge in [-0.05, 0) is 64.9 Å². The summed E-state index contributed by atoms with van der Waals surface area (Å²) in [5.41, 5.74) is 4.14. The van der Waals surface area contributed by atoms with Crippen molar-refractivity contribution in [2.24, 2.45) is 0 Å². The summed E-state index contributed by atoms with van der Waals surface area (Å²) in [5.74, 6) is 0. The zero-order valence-corrected chi connectivity index (χ0v) is 14.2. The van der Waals surface area contributed by atoms with Crippen LogP contribution in [0.4, 0.5) is 8.78 Å². The molecule has 3 rings (SSSR count). The molecule has 0 heterocycles. The minimum atomic E-state index is -1.68. The Balaban J connectivity index is 1.85. The molecular weight excluding hydrogens is 314 g/mol. The van der Waals surface area contributed by atoms with E-state index in [9.17, 15) is 8.78 Å². The minimum Gasteiger partial charge on any atom is -0.173 e. The first kappa shape index (κ1) is 17.1. The van der Waals surface area contributed by atoms with Crippen LogP contribution in [-0.2, 0) is 6.42 Å². The molecule has 126 valence electrons. The smallest absolute Gasteiger partial charge is 0.173 e. The molecule has 0 saturated heterocycles. The number of halogens is 2. The number of rotatable bonds is 5. The van der Waals surface area contributed by atoms with Crippen LogP contribution in [0.1, 0.15) is 24.5 Å². The molecule has 0 aliphatic heterocycles. The van der Waals surface area contributed by atoms with Gasteiger partial charge in [0.15, 0.2) is 0 Å². The van der Waals surface area contributed by atoms with Gasteiger partial charge in [-0.2, -0.15) is 8.78 Å². The number of allylic oxidation sites excluding steroid dienone is 2. The fraction of sp³-hybridized carbons (Fsp3) is 0.130. The maximum absolute atomic E-state index is 12.4. The zero-order chi connectivity index (χ0) is 17.6. The number of hydrogen-bond donors (Lipinski definition) is 0. The van der Waals surface area contributed by atoms with Crippen molar-refractivity contribution in [3.05, 3.63) is 90.0 Å². The quantitative estimate of drug-likeness (QED) is 0.431. The van der Waals surface area contributed by atoms with Crippen molar-refractivity contribution in [3.8, 4) is 11.1 Å². The monoisotopic (exact) mass is 334 g/mol. The molecule has 0 nitrogen and oxygen atoms in total. The van der Waals surface area contributed by atoms with E-state index in [4.69, 9.17) is 0 Å². The Labute approximate surface area is 147 Å². The first-order valence-electron chi connectivity index (χ1n) is 8.43. The molecule has 0 atom stereocenters. The van der Waals surface area contributed by atoms with Crippen LogP contribution in [-0.4, -0.2) is 0 Å². The third kappa shape index (κ3) is 4.42. The predicted molar refractivity (Wildman–Crippen MR) is 103 cm³/mol. The number of hydrogen-bond acceptors (Lipinski definition) is 0. The molecule has 0 aliphatic carbocycles. The summed E-state index contributed by atoms with van der Waals surface area (Å²) in [6.07, 6.45) is 5.57. The molecule has 3 aromatic carbocycles. The van der Waals surface area contributed by atoms with Gasteiger partial charge in [0.25, 0.3) is 6.08 Å². The maximum atomic E-state index is 12.4. The molecule has 0 bridgehead atoms. The molecule has 2 heteroatoms. The van der Waals surface area contributed by atoms with Crippen LogP contribution < -0.4 is 0 Å². The predicted octanol–water partition coefficient (Wildman–Crippen LogP) is 7.25. The molecule has 0 amide bonds. The second kappa shape index (κ2) is 7.89. The molecule has 0 N–H and O–H groups in total. The lowest BCUT2D eigenvalue weighted by atomic mass is 9.98. The Morgan fingerprint density at radius 3 is 2.24 bits per heavy atom. The minimum absolute atomic E-state index is 0.519. The van der Waals surface area contributed by atoms with Crippen LogP contribution in [0.15, 0.2) is 78.9 Å². The van der Waals surface area contributed by atoms with Gasteiger partial charge in [-0.25, -0.2) is 0 Å². The van der Waals surface area contributed by atoms with E-state index in [1.165, 1.54) is 5.56 Å². The fourth-order valence-corrected chi connectivity index (χ4v) is 2.94.